The number of ketones is 1. The van der Waals surface area contributed by atoms with E-state index in [1.165, 1.54) is 38.5 Å². The minimum Gasteiger partial charge on any atom is -0.348 e. The molecule has 0 aromatic heterocycles. The van der Waals surface area contributed by atoms with E-state index in [0.29, 0.717) is 40.3 Å². The molecule has 0 radical (unpaired) electrons. The van der Waals surface area contributed by atoms with Crippen LogP contribution in [-0.2, 0) is 14.3 Å². The maximum absolute atomic E-state index is 13.2. The van der Waals surface area contributed by atoms with E-state index in [9.17, 15) is 4.79 Å². The van der Waals surface area contributed by atoms with Gasteiger partial charge in [-0.2, -0.15) is 0 Å². The molecular weight excluding hydrogens is 300 g/mol. The normalized spacial score (nSPS) is 52.8. The SMILES string of the molecule is C[C@]12CCC[C@@H]1[C@@H]1C(=O)C[C@H]3CC4(CC[C@]3(C)[C@H]1CC2)OCCO4. The van der Waals surface area contributed by atoms with Crippen molar-refractivity contribution >= 4 is 5.78 Å². The zero-order valence-electron chi connectivity index (χ0n) is 15.3. The molecule has 0 unspecified atom stereocenters. The van der Waals surface area contributed by atoms with Gasteiger partial charge >= 0.3 is 0 Å². The molecular formula is C21H32O3. The van der Waals surface area contributed by atoms with Gasteiger partial charge in [0.15, 0.2) is 5.79 Å². The van der Waals surface area contributed by atoms with Gasteiger partial charge in [-0.15, -0.1) is 0 Å². The highest BCUT2D eigenvalue weighted by atomic mass is 16.7. The van der Waals surface area contributed by atoms with Gasteiger partial charge in [-0.05, 0) is 60.7 Å². The fourth-order valence-corrected chi connectivity index (χ4v) is 7.62. The number of carbonyl (C=O) groups excluding carboxylic acids is 1. The summed E-state index contributed by atoms with van der Waals surface area (Å²) in [5.74, 6) is 2.31. The van der Waals surface area contributed by atoms with E-state index in [2.05, 4.69) is 13.8 Å². The van der Waals surface area contributed by atoms with Crippen LogP contribution < -0.4 is 0 Å². The van der Waals surface area contributed by atoms with Gasteiger partial charge in [0.1, 0.15) is 5.78 Å². The van der Waals surface area contributed by atoms with Crippen molar-refractivity contribution in [2.24, 2.45) is 34.5 Å². The van der Waals surface area contributed by atoms with Crippen LogP contribution in [0.5, 0.6) is 0 Å². The minimum atomic E-state index is -0.353. The number of carbonyl (C=O) groups is 1. The van der Waals surface area contributed by atoms with Crippen LogP contribution in [0.2, 0.25) is 0 Å². The molecule has 1 aliphatic heterocycles. The van der Waals surface area contributed by atoms with Crippen molar-refractivity contribution in [1.29, 1.82) is 0 Å². The first kappa shape index (κ1) is 15.8. The molecule has 1 heterocycles. The third-order valence-electron chi connectivity index (χ3n) is 9.07. The molecule has 0 aromatic rings. The van der Waals surface area contributed by atoms with Crippen molar-refractivity contribution in [3.8, 4) is 0 Å². The number of rotatable bonds is 0. The highest BCUT2D eigenvalue weighted by Crippen LogP contribution is 2.66. The molecule has 24 heavy (non-hydrogen) atoms. The lowest BCUT2D eigenvalue weighted by Crippen LogP contribution is -2.58. The third kappa shape index (κ3) is 2.00. The molecule has 6 atom stereocenters. The van der Waals surface area contributed by atoms with Crippen LogP contribution in [0.25, 0.3) is 0 Å². The van der Waals surface area contributed by atoms with Gasteiger partial charge in [-0.25, -0.2) is 0 Å². The first-order chi connectivity index (χ1) is 11.5. The summed E-state index contributed by atoms with van der Waals surface area (Å²) in [5.41, 5.74) is 0.774. The van der Waals surface area contributed by atoms with Crippen LogP contribution in [0.1, 0.15) is 71.6 Å². The second-order valence-corrected chi connectivity index (χ2v) is 10.0. The van der Waals surface area contributed by atoms with Crippen molar-refractivity contribution in [1.82, 2.24) is 0 Å². The summed E-state index contributed by atoms with van der Waals surface area (Å²) in [7, 11) is 0. The monoisotopic (exact) mass is 332 g/mol. The molecule has 5 fully saturated rings. The summed E-state index contributed by atoms with van der Waals surface area (Å²) in [4.78, 5) is 13.2. The van der Waals surface area contributed by atoms with Gasteiger partial charge in [0, 0.05) is 25.2 Å². The molecule has 3 heteroatoms. The number of hydrogen-bond donors (Lipinski definition) is 0. The number of Topliss-reactive ketones (excluding diaryl/α,β-unsaturated/α-hetero) is 1. The van der Waals surface area contributed by atoms with Crippen LogP contribution in [0, 0.1) is 34.5 Å². The number of hydrogen-bond acceptors (Lipinski definition) is 3. The van der Waals surface area contributed by atoms with Crippen LogP contribution in [0.3, 0.4) is 0 Å². The van der Waals surface area contributed by atoms with E-state index in [-0.39, 0.29) is 5.79 Å². The van der Waals surface area contributed by atoms with Gasteiger partial charge in [0.2, 0.25) is 0 Å². The zero-order valence-corrected chi connectivity index (χ0v) is 15.3. The zero-order chi connectivity index (χ0) is 16.6. The summed E-state index contributed by atoms with van der Waals surface area (Å²) in [5, 5.41) is 0. The Morgan fingerprint density at radius 2 is 1.75 bits per heavy atom. The number of ether oxygens (including phenoxy) is 2. The smallest absolute Gasteiger partial charge is 0.168 e. The summed E-state index contributed by atoms with van der Waals surface area (Å²) < 4.78 is 12.0. The molecule has 0 bridgehead atoms. The highest BCUT2D eigenvalue weighted by molar-refractivity contribution is 5.83. The van der Waals surface area contributed by atoms with Crippen molar-refractivity contribution in [2.45, 2.75) is 77.4 Å². The molecule has 4 saturated carbocycles. The van der Waals surface area contributed by atoms with Crippen molar-refractivity contribution in [3.63, 3.8) is 0 Å². The Morgan fingerprint density at radius 1 is 0.958 bits per heavy atom. The molecule has 3 nitrogen and oxygen atoms in total. The van der Waals surface area contributed by atoms with Gasteiger partial charge in [0.25, 0.3) is 0 Å². The topological polar surface area (TPSA) is 35.5 Å². The van der Waals surface area contributed by atoms with E-state index < -0.39 is 0 Å². The maximum Gasteiger partial charge on any atom is 0.168 e. The Hall–Kier alpha value is -0.410. The highest BCUT2D eigenvalue weighted by Gasteiger charge is 2.62. The third-order valence-corrected chi connectivity index (χ3v) is 9.07. The molecule has 0 amide bonds. The lowest BCUT2D eigenvalue weighted by molar-refractivity contribution is -0.226. The average molecular weight is 332 g/mol. The lowest BCUT2D eigenvalue weighted by atomic mass is 9.44. The van der Waals surface area contributed by atoms with Crippen LogP contribution >= 0.6 is 0 Å². The Labute approximate surface area is 145 Å². The maximum atomic E-state index is 13.2. The Morgan fingerprint density at radius 3 is 2.54 bits per heavy atom. The van der Waals surface area contributed by atoms with Gasteiger partial charge < -0.3 is 9.47 Å². The van der Waals surface area contributed by atoms with Crippen LogP contribution in [0.15, 0.2) is 0 Å². The quantitative estimate of drug-likeness (QED) is 0.662. The minimum absolute atomic E-state index is 0.322. The standard InChI is InChI=1S/C21H32O3/c1-19-6-3-4-15(19)18-16(5-7-19)20(2)8-9-21(23-10-11-24-21)13-14(20)12-17(18)22/h14-16,18H,3-13H2,1-2H3/t14-,15+,16-,18-,19+,20-/m0/s1. The van der Waals surface area contributed by atoms with Gasteiger partial charge in [0.05, 0.1) is 13.2 Å². The van der Waals surface area contributed by atoms with Crippen molar-refractivity contribution in [3.05, 3.63) is 0 Å². The summed E-state index contributed by atoms with van der Waals surface area (Å²) in [6.45, 7) is 6.42. The Bertz CT molecular complexity index is 551. The van der Waals surface area contributed by atoms with Crippen LogP contribution in [0.4, 0.5) is 0 Å². The van der Waals surface area contributed by atoms with Gasteiger partial charge in [-0.1, -0.05) is 20.3 Å². The predicted molar refractivity (Wildman–Crippen MR) is 91.4 cm³/mol. The predicted octanol–water partition coefficient (Wildman–Crippen LogP) is 4.34. The van der Waals surface area contributed by atoms with E-state index >= 15 is 0 Å². The van der Waals surface area contributed by atoms with E-state index in [1.807, 2.05) is 0 Å². The van der Waals surface area contributed by atoms with Gasteiger partial charge in [-0.3, -0.25) is 4.79 Å². The lowest BCUT2D eigenvalue weighted by Gasteiger charge is -2.60. The van der Waals surface area contributed by atoms with E-state index in [1.54, 1.807) is 0 Å². The Kier molecular flexibility index (Phi) is 3.34. The largest absolute Gasteiger partial charge is 0.348 e. The molecule has 0 N–H and O–H groups in total. The fourth-order valence-electron chi connectivity index (χ4n) is 7.62. The molecule has 4 aliphatic carbocycles. The second kappa shape index (κ2) is 5.07. The van der Waals surface area contributed by atoms with E-state index in [0.717, 1.165) is 32.5 Å². The fraction of sp³-hybridized carbons (Fsp3) is 0.952. The first-order valence-electron chi connectivity index (χ1n) is 10.3. The van der Waals surface area contributed by atoms with Crippen LogP contribution in [-0.4, -0.2) is 24.8 Å². The van der Waals surface area contributed by atoms with Crippen molar-refractivity contribution < 1.29 is 14.3 Å². The first-order valence-corrected chi connectivity index (χ1v) is 10.3. The summed E-state index contributed by atoms with van der Waals surface area (Å²) in [6.07, 6.45) is 10.5. The molecule has 1 saturated heterocycles. The summed E-state index contributed by atoms with van der Waals surface area (Å²) >= 11 is 0. The second-order valence-electron chi connectivity index (χ2n) is 10.0. The van der Waals surface area contributed by atoms with Crippen molar-refractivity contribution in [2.75, 3.05) is 13.2 Å². The molecule has 0 aromatic carbocycles. The van der Waals surface area contributed by atoms with E-state index in [4.69, 9.17) is 9.47 Å². The summed E-state index contributed by atoms with van der Waals surface area (Å²) in [6, 6.07) is 0. The average Bonchev–Trinajstić information content (AvgIpc) is 3.16. The Balaban J connectivity index is 1.46. The molecule has 1 spiro atoms. The molecule has 5 aliphatic rings. The molecule has 134 valence electrons. The molecule has 5 rings (SSSR count). The number of fused-ring (bicyclic) bond motifs is 5.